The number of hydrogen-bond donors (Lipinski definition) is 6. The number of likely N-dealkylation sites (N-methyl/N-ethyl adjacent to an activating group) is 1. The molecule has 7 N–H and O–H groups in total. The molecule has 0 amide bonds. The first-order valence-electron chi connectivity index (χ1n) is 21.5. The van der Waals surface area contributed by atoms with E-state index >= 15 is 0 Å². The number of nitrogens with two attached hydrogens (primary N) is 1. The van der Waals surface area contributed by atoms with Gasteiger partial charge >= 0.3 is 5.97 Å². The van der Waals surface area contributed by atoms with Gasteiger partial charge in [0.05, 0.1) is 12.8 Å². The third-order valence-corrected chi connectivity index (χ3v) is 14.7. The predicted molar refractivity (Wildman–Crippen MR) is 214 cm³/mol. The van der Waals surface area contributed by atoms with E-state index in [4.69, 9.17) is 15.2 Å². The fraction of sp³-hybridized carbons (Fsp3) is 0.767. The summed E-state index contributed by atoms with van der Waals surface area (Å²) < 4.78 is 12.6. The van der Waals surface area contributed by atoms with Crippen molar-refractivity contribution in [1.82, 2.24) is 26.6 Å². The average Bonchev–Trinajstić information content (AvgIpc) is 3.68. The highest BCUT2D eigenvalue weighted by molar-refractivity contribution is 6.23. The maximum atomic E-state index is 14.7. The van der Waals surface area contributed by atoms with Gasteiger partial charge < -0.3 is 36.5 Å². The number of nitrogens with one attached hydrogen (secondary N) is 5. The van der Waals surface area contributed by atoms with E-state index in [9.17, 15) is 14.4 Å². The Bertz CT molecular complexity index is 1570. The van der Waals surface area contributed by atoms with E-state index in [0.29, 0.717) is 37.3 Å². The lowest BCUT2D eigenvalue weighted by Gasteiger charge is -2.46. The molecular formula is C43H67N7O5. The van der Waals surface area contributed by atoms with Gasteiger partial charge in [0.1, 0.15) is 0 Å². The van der Waals surface area contributed by atoms with Gasteiger partial charge in [-0.3, -0.25) is 19.9 Å². The largest absolute Gasteiger partial charge is 0.463 e. The van der Waals surface area contributed by atoms with Gasteiger partial charge in [0.15, 0.2) is 23.1 Å². The van der Waals surface area contributed by atoms with Crippen LogP contribution in [0.3, 0.4) is 0 Å². The molecule has 10 atom stereocenters. The number of guanidine groups is 1. The summed E-state index contributed by atoms with van der Waals surface area (Å²) in [6.45, 7) is 6.83. The summed E-state index contributed by atoms with van der Waals surface area (Å²) >= 11 is 0. The Hall–Kier alpha value is -2.90. The summed E-state index contributed by atoms with van der Waals surface area (Å²) in [5.74, 6) is -0.665. The topological polar surface area (TPSA) is 171 Å². The number of rotatable bonds is 14. The molecule has 0 aromatic rings. The number of fused-ring (bicyclic) bond motifs is 3. The molecule has 3 saturated carbocycles. The fourth-order valence-corrected chi connectivity index (χ4v) is 11.7. The molecule has 0 aromatic carbocycles. The van der Waals surface area contributed by atoms with Crippen molar-refractivity contribution in [2.24, 2.45) is 45.7 Å². The number of epoxide rings is 1. The smallest absolute Gasteiger partial charge is 0.350 e. The van der Waals surface area contributed by atoms with E-state index < -0.39 is 29.0 Å². The van der Waals surface area contributed by atoms with E-state index in [1.54, 1.807) is 7.05 Å². The zero-order valence-corrected chi connectivity index (χ0v) is 33.7. The molecule has 55 heavy (non-hydrogen) atoms. The normalized spacial score (nSPS) is 37.7. The summed E-state index contributed by atoms with van der Waals surface area (Å²) in [4.78, 5) is 48.1. The molecule has 0 aromatic heterocycles. The molecule has 0 bridgehead atoms. The van der Waals surface area contributed by atoms with Crippen LogP contribution in [0, 0.1) is 35.0 Å². The number of ether oxygens (including phenoxy) is 2. The Labute approximate surface area is 328 Å². The molecule has 4 unspecified atom stereocenters. The Morgan fingerprint density at radius 3 is 2.58 bits per heavy atom. The van der Waals surface area contributed by atoms with E-state index in [0.717, 1.165) is 89.3 Å². The van der Waals surface area contributed by atoms with Crippen LogP contribution >= 0.6 is 0 Å². The van der Waals surface area contributed by atoms with Gasteiger partial charge in [-0.05, 0) is 102 Å². The minimum atomic E-state index is -1.88. The lowest BCUT2D eigenvalue weighted by atomic mass is 9.60. The molecule has 5 aliphatic carbocycles. The summed E-state index contributed by atoms with van der Waals surface area (Å²) in [7, 11) is 3.65. The molecular weight excluding hydrogens is 695 g/mol. The number of piperidine rings is 1. The van der Waals surface area contributed by atoms with Crippen molar-refractivity contribution in [2.75, 3.05) is 40.5 Å². The van der Waals surface area contributed by atoms with Gasteiger partial charge in [0.2, 0.25) is 0 Å². The van der Waals surface area contributed by atoms with E-state index in [-0.39, 0.29) is 54.2 Å². The van der Waals surface area contributed by atoms with Gasteiger partial charge in [0.25, 0.3) is 5.60 Å². The Morgan fingerprint density at radius 1 is 1.09 bits per heavy atom. The second-order valence-corrected chi connectivity index (χ2v) is 17.6. The molecule has 0 spiro atoms. The first kappa shape index (κ1) is 40.3. The standard InChI is InChI=1S/C43H67N7O5/c1-5-47-34-23-29-13-7-6-12-28(29)22-31(34)25-54-39(53)43-38(52)33-15-9-8-14-32(33)37(51)42(43,55-43)20-16-27(2)41(18-10-11-19-41)36(50-40(44)46-4)30-17-21-48-35(24-30)49-26-45-3/h7,13,16,23,28,30-36,45,47-49H,5-6,8-12,14-15,17-22,24-26H2,1-4H3,(H3,44,46,50)/t28-,30?,31+,32?,33?,34-,35?,36-,42-,43-/m0/s1. The van der Waals surface area contributed by atoms with Crippen LogP contribution in [0.5, 0.6) is 0 Å². The van der Waals surface area contributed by atoms with Crippen LogP contribution in [-0.2, 0) is 23.9 Å². The van der Waals surface area contributed by atoms with Crippen LogP contribution in [0.2, 0.25) is 0 Å². The molecule has 5 fully saturated rings. The van der Waals surface area contributed by atoms with Crippen LogP contribution in [0.1, 0.15) is 104 Å². The van der Waals surface area contributed by atoms with Crippen molar-refractivity contribution in [3.8, 4) is 0 Å². The number of allylic oxidation sites excluding steroid dienone is 3. The minimum absolute atomic E-state index is 0.0177. The van der Waals surface area contributed by atoms with Gasteiger partial charge in [-0.1, -0.05) is 62.5 Å². The molecule has 2 heterocycles. The van der Waals surface area contributed by atoms with Crippen molar-refractivity contribution < 1.29 is 23.9 Å². The summed E-state index contributed by atoms with van der Waals surface area (Å²) in [6.07, 6.45) is 21.4. The summed E-state index contributed by atoms with van der Waals surface area (Å²) in [5, 5.41) is 17.6. The number of esters is 1. The Kier molecular flexibility index (Phi) is 12.4. The average molecular weight is 762 g/mol. The SMILES string of the molecule is CCN[C@H]1C=C2C=CCC[C@H]2C[C@@H]1COC(=O)[C@]12O[C@@]1(CC=C(C)C1([C@@H](NC(N)=NC)C3CCNC(NCNC)C3)CCCC1)C(=O)C1CCCCC1C2=O. The monoisotopic (exact) mass is 762 g/mol. The molecule has 0 radical (unpaired) electrons. The van der Waals surface area contributed by atoms with Crippen LogP contribution < -0.4 is 32.3 Å². The third kappa shape index (κ3) is 7.39. The highest BCUT2D eigenvalue weighted by Gasteiger charge is 2.87. The van der Waals surface area contributed by atoms with Gasteiger partial charge in [-0.2, -0.15) is 0 Å². The number of hydrogen-bond acceptors (Lipinski definition) is 10. The molecule has 7 rings (SSSR count). The van der Waals surface area contributed by atoms with E-state index in [1.165, 1.54) is 5.57 Å². The molecule has 2 aliphatic heterocycles. The number of carbonyl (C=O) groups is 3. The van der Waals surface area contributed by atoms with Crippen molar-refractivity contribution in [2.45, 2.75) is 133 Å². The Balaban J connectivity index is 1.16. The molecule has 7 aliphatic rings. The third-order valence-electron chi connectivity index (χ3n) is 14.7. The molecule has 2 saturated heterocycles. The van der Waals surface area contributed by atoms with Crippen molar-refractivity contribution in [3.05, 3.63) is 35.5 Å². The van der Waals surface area contributed by atoms with Gasteiger partial charge in [0, 0.05) is 55.4 Å². The minimum Gasteiger partial charge on any atom is -0.463 e. The molecule has 304 valence electrons. The second kappa shape index (κ2) is 16.9. The predicted octanol–water partition coefficient (Wildman–Crippen LogP) is 3.78. The van der Waals surface area contributed by atoms with Gasteiger partial charge in [-0.25, -0.2) is 4.79 Å². The van der Waals surface area contributed by atoms with Gasteiger partial charge in [-0.15, -0.1) is 0 Å². The first-order valence-corrected chi connectivity index (χ1v) is 21.5. The number of ketones is 2. The second-order valence-electron chi connectivity index (χ2n) is 17.6. The lowest BCUT2D eigenvalue weighted by Crippen LogP contribution is -2.59. The number of Topliss-reactive ketones (excluding diaryl/α,β-unsaturated/α-hetero) is 2. The van der Waals surface area contributed by atoms with Crippen LogP contribution in [0.15, 0.2) is 40.4 Å². The zero-order chi connectivity index (χ0) is 38.8. The van der Waals surface area contributed by atoms with Crippen molar-refractivity contribution >= 4 is 23.5 Å². The fourth-order valence-electron chi connectivity index (χ4n) is 11.7. The maximum absolute atomic E-state index is 14.7. The van der Waals surface area contributed by atoms with E-state index in [2.05, 4.69) is 69.7 Å². The Morgan fingerprint density at radius 2 is 1.85 bits per heavy atom. The first-order chi connectivity index (χ1) is 26.6. The lowest BCUT2D eigenvalue weighted by molar-refractivity contribution is -0.160. The van der Waals surface area contributed by atoms with Crippen LogP contribution in [0.25, 0.3) is 0 Å². The van der Waals surface area contributed by atoms with Crippen LogP contribution in [-0.4, -0.2) is 93.4 Å². The summed E-state index contributed by atoms with van der Waals surface area (Å²) in [6, 6.07) is 0.0838. The van der Waals surface area contributed by atoms with Crippen molar-refractivity contribution in [3.63, 3.8) is 0 Å². The zero-order valence-electron chi connectivity index (χ0n) is 33.7. The quantitative estimate of drug-likeness (QED) is 0.0290. The van der Waals surface area contributed by atoms with Crippen LogP contribution in [0.4, 0.5) is 0 Å². The maximum Gasteiger partial charge on any atom is 0.350 e. The molecule has 12 nitrogen and oxygen atoms in total. The highest BCUT2D eigenvalue weighted by Crippen LogP contribution is 2.62. The number of nitrogens with zero attached hydrogens (tertiary/aromatic N) is 1. The van der Waals surface area contributed by atoms with Crippen molar-refractivity contribution in [1.29, 1.82) is 0 Å². The number of carbonyl (C=O) groups excluding carboxylic acids is 3. The number of aliphatic imine (C=N–C) groups is 1. The summed E-state index contributed by atoms with van der Waals surface area (Å²) in [5.41, 5.74) is 5.31. The van der Waals surface area contributed by atoms with E-state index in [1.807, 2.05) is 7.05 Å². The highest BCUT2D eigenvalue weighted by atomic mass is 16.7. The molecule has 12 heteroatoms.